The highest BCUT2D eigenvalue weighted by molar-refractivity contribution is 6.30. The van der Waals surface area contributed by atoms with E-state index in [0.717, 1.165) is 18.1 Å². The zero-order valence-electron chi connectivity index (χ0n) is 13.6. The maximum absolute atomic E-state index is 12.3. The number of carbonyl (C=O) groups excluding carboxylic acids is 1. The summed E-state index contributed by atoms with van der Waals surface area (Å²) in [5, 5.41) is 3.80. The standard InChI is InChI=1S/C19H22ClN3O/c20-17-6-4-15(5-7-17)18(23-12-2-1-3-13-23)14-22-19(24)16-8-10-21-11-9-16/h4-11,18H,1-3,12-14H2,(H,22,24)/t18-/m0/s1. The van der Waals surface area contributed by atoms with Crippen molar-refractivity contribution < 1.29 is 4.79 Å². The van der Waals surface area contributed by atoms with Gasteiger partial charge in [-0.3, -0.25) is 14.7 Å². The highest BCUT2D eigenvalue weighted by Crippen LogP contribution is 2.25. The van der Waals surface area contributed by atoms with Gasteiger partial charge in [0.25, 0.3) is 5.91 Å². The summed E-state index contributed by atoms with van der Waals surface area (Å²) in [6.07, 6.45) is 6.98. The molecule has 0 spiro atoms. The van der Waals surface area contributed by atoms with Crippen LogP contribution in [0.4, 0.5) is 0 Å². The third kappa shape index (κ3) is 4.34. The van der Waals surface area contributed by atoms with Crippen molar-refractivity contribution in [3.8, 4) is 0 Å². The van der Waals surface area contributed by atoms with Crippen molar-refractivity contribution in [2.24, 2.45) is 0 Å². The smallest absolute Gasteiger partial charge is 0.251 e. The predicted molar refractivity (Wildman–Crippen MR) is 96.2 cm³/mol. The molecule has 1 aromatic carbocycles. The number of benzene rings is 1. The van der Waals surface area contributed by atoms with Crippen LogP contribution < -0.4 is 5.32 Å². The molecular weight excluding hydrogens is 322 g/mol. The summed E-state index contributed by atoms with van der Waals surface area (Å²) in [5.41, 5.74) is 1.83. The minimum absolute atomic E-state index is 0.0617. The first-order valence-corrected chi connectivity index (χ1v) is 8.79. The lowest BCUT2D eigenvalue weighted by molar-refractivity contribution is 0.0924. The van der Waals surface area contributed by atoms with Crippen molar-refractivity contribution in [3.05, 3.63) is 64.9 Å². The van der Waals surface area contributed by atoms with Crippen LogP contribution in [0, 0.1) is 0 Å². The van der Waals surface area contributed by atoms with Gasteiger partial charge in [-0.15, -0.1) is 0 Å². The predicted octanol–water partition coefficient (Wildman–Crippen LogP) is 3.69. The second-order valence-electron chi connectivity index (χ2n) is 6.11. The number of hydrogen-bond donors (Lipinski definition) is 1. The van der Waals surface area contributed by atoms with Gasteiger partial charge in [0.15, 0.2) is 0 Å². The van der Waals surface area contributed by atoms with Crippen LogP contribution in [0.2, 0.25) is 5.02 Å². The first-order valence-electron chi connectivity index (χ1n) is 8.42. The second-order valence-corrected chi connectivity index (χ2v) is 6.55. The van der Waals surface area contributed by atoms with E-state index in [9.17, 15) is 4.79 Å². The number of nitrogens with one attached hydrogen (secondary N) is 1. The molecule has 1 amide bonds. The molecule has 5 heteroatoms. The summed E-state index contributed by atoms with van der Waals surface area (Å²) in [6, 6.07) is 11.6. The molecule has 0 aliphatic carbocycles. The topological polar surface area (TPSA) is 45.2 Å². The molecule has 1 N–H and O–H groups in total. The fourth-order valence-electron chi connectivity index (χ4n) is 3.17. The Bertz CT molecular complexity index is 654. The molecular formula is C19H22ClN3O. The second kappa shape index (κ2) is 8.27. The minimum Gasteiger partial charge on any atom is -0.350 e. The van der Waals surface area contributed by atoms with Gasteiger partial charge in [0.2, 0.25) is 0 Å². The number of piperidine rings is 1. The van der Waals surface area contributed by atoms with E-state index in [-0.39, 0.29) is 11.9 Å². The molecule has 126 valence electrons. The average molecular weight is 344 g/mol. The van der Waals surface area contributed by atoms with Gasteiger partial charge in [-0.1, -0.05) is 30.2 Å². The van der Waals surface area contributed by atoms with Gasteiger partial charge >= 0.3 is 0 Å². The molecule has 24 heavy (non-hydrogen) atoms. The lowest BCUT2D eigenvalue weighted by Crippen LogP contribution is -2.40. The maximum Gasteiger partial charge on any atom is 0.251 e. The summed E-state index contributed by atoms with van der Waals surface area (Å²) in [5.74, 6) is -0.0617. The Morgan fingerprint density at radius 1 is 1.08 bits per heavy atom. The van der Waals surface area contributed by atoms with Crippen LogP contribution >= 0.6 is 11.6 Å². The van der Waals surface area contributed by atoms with E-state index in [2.05, 4.69) is 27.3 Å². The number of rotatable bonds is 5. The van der Waals surface area contributed by atoms with Crippen LogP contribution in [0.3, 0.4) is 0 Å². The Morgan fingerprint density at radius 2 is 1.75 bits per heavy atom. The number of aromatic nitrogens is 1. The van der Waals surface area contributed by atoms with Crippen LogP contribution in [0.5, 0.6) is 0 Å². The SMILES string of the molecule is O=C(NC[C@@H](c1ccc(Cl)cc1)N1CCCCC1)c1ccncc1. The van der Waals surface area contributed by atoms with Crippen molar-refractivity contribution in [2.45, 2.75) is 25.3 Å². The number of nitrogens with zero attached hydrogens (tertiary/aromatic N) is 2. The van der Waals surface area contributed by atoms with Crippen LogP contribution in [-0.4, -0.2) is 35.4 Å². The van der Waals surface area contributed by atoms with Crippen LogP contribution in [0.25, 0.3) is 0 Å². The maximum atomic E-state index is 12.3. The number of hydrogen-bond acceptors (Lipinski definition) is 3. The van der Waals surface area contributed by atoms with Crippen molar-refractivity contribution in [1.82, 2.24) is 15.2 Å². The van der Waals surface area contributed by atoms with E-state index in [1.54, 1.807) is 24.5 Å². The van der Waals surface area contributed by atoms with E-state index in [1.165, 1.54) is 24.8 Å². The van der Waals surface area contributed by atoms with Gasteiger partial charge in [0.05, 0.1) is 6.04 Å². The lowest BCUT2D eigenvalue weighted by atomic mass is 10.0. The number of likely N-dealkylation sites (tertiary alicyclic amines) is 1. The fourth-order valence-corrected chi connectivity index (χ4v) is 3.29. The Labute approximate surface area is 147 Å². The summed E-state index contributed by atoms with van der Waals surface area (Å²) in [7, 11) is 0. The molecule has 1 saturated heterocycles. The van der Waals surface area contributed by atoms with Crippen LogP contribution in [0.15, 0.2) is 48.8 Å². The van der Waals surface area contributed by atoms with Gasteiger partial charge in [0, 0.05) is 29.5 Å². The van der Waals surface area contributed by atoms with Gasteiger partial charge in [-0.25, -0.2) is 0 Å². The van der Waals surface area contributed by atoms with Gasteiger partial charge in [-0.2, -0.15) is 0 Å². The molecule has 1 aliphatic rings. The molecule has 4 nitrogen and oxygen atoms in total. The molecule has 1 aromatic heterocycles. The Morgan fingerprint density at radius 3 is 2.42 bits per heavy atom. The van der Waals surface area contributed by atoms with E-state index in [4.69, 9.17) is 11.6 Å². The number of halogens is 1. The third-order valence-corrected chi connectivity index (χ3v) is 4.74. The van der Waals surface area contributed by atoms with Crippen molar-refractivity contribution in [1.29, 1.82) is 0 Å². The van der Waals surface area contributed by atoms with E-state index in [1.807, 2.05) is 12.1 Å². The summed E-state index contributed by atoms with van der Waals surface area (Å²) < 4.78 is 0. The highest BCUT2D eigenvalue weighted by atomic mass is 35.5. The zero-order chi connectivity index (χ0) is 16.8. The fraction of sp³-hybridized carbons (Fsp3) is 0.368. The number of carbonyl (C=O) groups is 1. The van der Waals surface area contributed by atoms with E-state index in [0.29, 0.717) is 12.1 Å². The first-order chi connectivity index (χ1) is 11.7. The van der Waals surface area contributed by atoms with Gasteiger partial charge in [-0.05, 0) is 55.8 Å². The monoisotopic (exact) mass is 343 g/mol. The largest absolute Gasteiger partial charge is 0.350 e. The number of amides is 1. The van der Waals surface area contributed by atoms with Gasteiger partial charge < -0.3 is 5.32 Å². The summed E-state index contributed by atoms with van der Waals surface area (Å²) in [6.45, 7) is 2.72. The van der Waals surface area contributed by atoms with Crippen molar-refractivity contribution in [3.63, 3.8) is 0 Å². The zero-order valence-corrected chi connectivity index (χ0v) is 14.4. The van der Waals surface area contributed by atoms with Crippen LogP contribution in [0.1, 0.15) is 41.2 Å². The van der Waals surface area contributed by atoms with Crippen molar-refractivity contribution >= 4 is 17.5 Å². The Balaban J connectivity index is 1.72. The summed E-state index contributed by atoms with van der Waals surface area (Å²) in [4.78, 5) is 18.7. The first kappa shape index (κ1) is 16.9. The molecule has 1 fully saturated rings. The van der Waals surface area contributed by atoms with E-state index < -0.39 is 0 Å². The van der Waals surface area contributed by atoms with Crippen molar-refractivity contribution in [2.75, 3.05) is 19.6 Å². The quantitative estimate of drug-likeness (QED) is 0.900. The molecule has 2 heterocycles. The highest BCUT2D eigenvalue weighted by Gasteiger charge is 2.23. The molecule has 2 aromatic rings. The van der Waals surface area contributed by atoms with Gasteiger partial charge in [0.1, 0.15) is 0 Å². The molecule has 0 unspecified atom stereocenters. The number of pyridine rings is 1. The molecule has 0 radical (unpaired) electrons. The summed E-state index contributed by atoms with van der Waals surface area (Å²) >= 11 is 6.02. The Hall–Kier alpha value is -1.91. The third-order valence-electron chi connectivity index (χ3n) is 4.48. The Kier molecular flexibility index (Phi) is 5.83. The molecule has 0 bridgehead atoms. The minimum atomic E-state index is -0.0617. The molecule has 1 aliphatic heterocycles. The average Bonchev–Trinajstić information content (AvgIpc) is 2.65. The molecule has 1 atom stereocenters. The lowest BCUT2D eigenvalue weighted by Gasteiger charge is -2.35. The van der Waals surface area contributed by atoms with Crippen LogP contribution in [-0.2, 0) is 0 Å². The molecule has 0 saturated carbocycles. The normalized spacial score (nSPS) is 16.5. The molecule has 3 rings (SSSR count). The van der Waals surface area contributed by atoms with E-state index >= 15 is 0 Å².